The molecule has 0 saturated carbocycles. The standard InChI is InChI=1S/C20H17F4N3O5/c21-19(22)31-13-3-1-11(9-14(13)32-20(23)24)17(29)27-16(10-5-7-25-8-6-10)12-2-4-15(28)26-18(12)30/h1,3,5-9,12,16,19-20H,2,4H2,(H,27,29)(H,26,28,30)/t12-,16?/m0/s1. The van der Waals surface area contributed by atoms with E-state index in [1.165, 1.54) is 12.4 Å². The van der Waals surface area contributed by atoms with Crippen molar-refractivity contribution in [3.05, 3.63) is 53.9 Å². The van der Waals surface area contributed by atoms with Crippen molar-refractivity contribution in [2.75, 3.05) is 0 Å². The number of halogens is 4. The minimum atomic E-state index is -3.35. The van der Waals surface area contributed by atoms with Crippen molar-refractivity contribution in [2.24, 2.45) is 5.92 Å². The summed E-state index contributed by atoms with van der Waals surface area (Å²) < 4.78 is 58.7. The third kappa shape index (κ3) is 5.71. The van der Waals surface area contributed by atoms with Crippen LogP contribution >= 0.6 is 0 Å². The first-order valence-corrected chi connectivity index (χ1v) is 9.32. The molecule has 2 heterocycles. The van der Waals surface area contributed by atoms with Crippen LogP contribution in [0.25, 0.3) is 0 Å². The van der Waals surface area contributed by atoms with Gasteiger partial charge in [0.2, 0.25) is 11.8 Å². The number of alkyl halides is 4. The second-order valence-corrected chi connectivity index (χ2v) is 6.71. The molecule has 3 rings (SSSR count). The van der Waals surface area contributed by atoms with E-state index in [0.717, 1.165) is 18.2 Å². The molecule has 2 N–H and O–H groups in total. The number of nitrogens with zero attached hydrogens (tertiary/aromatic N) is 1. The predicted molar refractivity (Wildman–Crippen MR) is 100 cm³/mol. The zero-order valence-electron chi connectivity index (χ0n) is 16.3. The molecule has 1 aliphatic heterocycles. The zero-order chi connectivity index (χ0) is 23.3. The Bertz CT molecular complexity index is 990. The van der Waals surface area contributed by atoms with Crippen LogP contribution in [-0.2, 0) is 9.59 Å². The number of amides is 3. The summed E-state index contributed by atoms with van der Waals surface area (Å²) in [6.07, 6.45) is 3.13. The van der Waals surface area contributed by atoms with Gasteiger partial charge in [-0.3, -0.25) is 24.7 Å². The molecule has 1 aromatic carbocycles. The maximum absolute atomic E-state index is 12.9. The Labute approximate surface area is 178 Å². The van der Waals surface area contributed by atoms with Crippen LogP contribution in [0.15, 0.2) is 42.7 Å². The number of nitrogens with one attached hydrogen (secondary N) is 2. The second-order valence-electron chi connectivity index (χ2n) is 6.71. The number of hydrogen-bond donors (Lipinski definition) is 2. The van der Waals surface area contributed by atoms with E-state index in [9.17, 15) is 31.9 Å². The first kappa shape index (κ1) is 23.0. The van der Waals surface area contributed by atoms with Gasteiger partial charge in [0, 0.05) is 24.4 Å². The van der Waals surface area contributed by atoms with Crippen LogP contribution in [-0.4, -0.2) is 35.9 Å². The van der Waals surface area contributed by atoms with E-state index >= 15 is 0 Å². The van der Waals surface area contributed by atoms with Gasteiger partial charge in [-0.1, -0.05) is 0 Å². The molecule has 8 nitrogen and oxygen atoms in total. The van der Waals surface area contributed by atoms with Crippen molar-refractivity contribution in [2.45, 2.75) is 32.1 Å². The lowest BCUT2D eigenvalue weighted by Gasteiger charge is -2.30. The molecule has 1 unspecified atom stereocenters. The number of aromatic nitrogens is 1. The third-order valence-corrected chi connectivity index (χ3v) is 4.67. The van der Waals surface area contributed by atoms with E-state index in [-0.39, 0.29) is 18.4 Å². The first-order valence-electron chi connectivity index (χ1n) is 9.32. The average molecular weight is 455 g/mol. The number of benzene rings is 1. The van der Waals surface area contributed by atoms with Gasteiger partial charge in [-0.2, -0.15) is 17.6 Å². The summed E-state index contributed by atoms with van der Waals surface area (Å²) in [6.45, 7) is -6.64. The minimum absolute atomic E-state index is 0.0693. The van der Waals surface area contributed by atoms with Gasteiger partial charge in [-0.15, -0.1) is 0 Å². The maximum atomic E-state index is 12.9. The molecule has 1 saturated heterocycles. The third-order valence-electron chi connectivity index (χ3n) is 4.67. The fourth-order valence-electron chi connectivity index (χ4n) is 3.27. The molecule has 1 aromatic heterocycles. The van der Waals surface area contributed by atoms with Gasteiger partial charge in [0.05, 0.1) is 12.0 Å². The van der Waals surface area contributed by atoms with E-state index in [2.05, 4.69) is 25.1 Å². The van der Waals surface area contributed by atoms with Crippen LogP contribution in [0.4, 0.5) is 17.6 Å². The smallest absolute Gasteiger partial charge is 0.387 e. The molecule has 12 heteroatoms. The van der Waals surface area contributed by atoms with Crippen molar-refractivity contribution in [3.8, 4) is 11.5 Å². The Kier molecular flexibility index (Phi) is 7.23. The topological polar surface area (TPSA) is 107 Å². The average Bonchev–Trinajstić information content (AvgIpc) is 2.73. The van der Waals surface area contributed by atoms with Gasteiger partial charge in [0.1, 0.15) is 0 Å². The first-order chi connectivity index (χ1) is 15.2. The largest absolute Gasteiger partial charge is 0.431 e. The molecule has 170 valence electrons. The lowest BCUT2D eigenvalue weighted by molar-refractivity contribution is -0.137. The number of piperidine rings is 1. The molecule has 2 aromatic rings. The fourth-order valence-corrected chi connectivity index (χ4v) is 3.27. The molecule has 0 spiro atoms. The number of carbonyl (C=O) groups excluding carboxylic acids is 3. The molecular formula is C20H17F4N3O5. The molecule has 0 aliphatic carbocycles. The van der Waals surface area contributed by atoms with Crippen LogP contribution in [0.5, 0.6) is 11.5 Å². The molecular weight excluding hydrogens is 438 g/mol. The summed E-state index contributed by atoms with van der Waals surface area (Å²) >= 11 is 0. The highest BCUT2D eigenvalue weighted by Crippen LogP contribution is 2.32. The Morgan fingerprint density at radius 1 is 1.03 bits per heavy atom. The number of pyridine rings is 1. The zero-order valence-corrected chi connectivity index (χ0v) is 16.3. The Morgan fingerprint density at radius 2 is 1.69 bits per heavy atom. The molecule has 1 aliphatic rings. The molecule has 3 amide bonds. The number of hydrogen-bond acceptors (Lipinski definition) is 6. The Balaban J connectivity index is 1.89. The van der Waals surface area contributed by atoms with Crippen LogP contribution < -0.4 is 20.1 Å². The summed E-state index contributed by atoms with van der Waals surface area (Å²) in [6, 6.07) is 5.06. The lowest BCUT2D eigenvalue weighted by atomic mass is 9.86. The predicted octanol–water partition coefficient (Wildman–Crippen LogP) is 2.81. The summed E-state index contributed by atoms with van der Waals surface area (Å²) in [5.41, 5.74) is 0.318. The second kappa shape index (κ2) is 10.1. The molecule has 0 bridgehead atoms. The number of ether oxygens (including phenoxy) is 2. The molecule has 0 radical (unpaired) electrons. The van der Waals surface area contributed by atoms with Crippen molar-refractivity contribution < 1.29 is 41.4 Å². The SMILES string of the molecule is O=C1CC[C@@H](C(NC(=O)c2ccc(OC(F)F)c(OC(F)F)c2)c2ccncc2)C(=O)N1. The lowest BCUT2D eigenvalue weighted by Crippen LogP contribution is -2.47. The van der Waals surface area contributed by atoms with E-state index < -0.39 is 54.4 Å². The van der Waals surface area contributed by atoms with Crippen molar-refractivity contribution >= 4 is 17.7 Å². The van der Waals surface area contributed by atoms with E-state index in [1.54, 1.807) is 12.1 Å². The number of imide groups is 1. The van der Waals surface area contributed by atoms with E-state index in [0.29, 0.717) is 5.56 Å². The van der Waals surface area contributed by atoms with Crippen LogP contribution in [0.2, 0.25) is 0 Å². The Morgan fingerprint density at radius 3 is 2.31 bits per heavy atom. The summed E-state index contributed by atoms with van der Waals surface area (Å²) in [4.78, 5) is 40.6. The normalized spacial score (nSPS) is 17.1. The van der Waals surface area contributed by atoms with Gasteiger partial charge in [-0.05, 0) is 42.3 Å². The summed E-state index contributed by atoms with van der Waals surface area (Å²) in [5.74, 6) is -4.03. The van der Waals surface area contributed by atoms with Gasteiger partial charge in [-0.25, -0.2) is 0 Å². The quantitative estimate of drug-likeness (QED) is 0.468. The van der Waals surface area contributed by atoms with Crippen LogP contribution in [0.1, 0.15) is 34.8 Å². The van der Waals surface area contributed by atoms with Crippen molar-refractivity contribution in [1.82, 2.24) is 15.6 Å². The van der Waals surface area contributed by atoms with Crippen LogP contribution in [0, 0.1) is 5.92 Å². The number of carbonyl (C=O) groups is 3. The monoisotopic (exact) mass is 455 g/mol. The van der Waals surface area contributed by atoms with Gasteiger partial charge in [0.25, 0.3) is 5.91 Å². The van der Waals surface area contributed by atoms with Crippen LogP contribution in [0.3, 0.4) is 0 Å². The highest BCUT2D eigenvalue weighted by atomic mass is 19.3. The van der Waals surface area contributed by atoms with Gasteiger partial charge in [0.15, 0.2) is 11.5 Å². The van der Waals surface area contributed by atoms with E-state index in [4.69, 9.17) is 0 Å². The van der Waals surface area contributed by atoms with Gasteiger partial charge < -0.3 is 14.8 Å². The summed E-state index contributed by atoms with van der Waals surface area (Å²) in [7, 11) is 0. The maximum Gasteiger partial charge on any atom is 0.387 e. The minimum Gasteiger partial charge on any atom is -0.431 e. The van der Waals surface area contributed by atoms with Crippen molar-refractivity contribution in [3.63, 3.8) is 0 Å². The highest BCUT2D eigenvalue weighted by Gasteiger charge is 2.35. The summed E-state index contributed by atoms with van der Waals surface area (Å²) in [5, 5.41) is 4.85. The fraction of sp³-hybridized carbons (Fsp3) is 0.300. The van der Waals surface area contributed by atoms with E-state index in [1.807, 2.05) is 0 Å². The molecule has 2 atom stereocenters. The molecule has 32 heavy (non-hydrogen) atoms. The highest BCUT2D eigenvalue weighted by molar-refractivity contribution is 6.00. The number of rotatable bonds is 8. The molecule has 1 fully saturated rings. The van der Waals surface area contributed by atoms with Gasteiger partial charge >= 0.3 is 13.2 Å². The Hall–Kier alpha value is -3.70. The van der Waals surface area contributed by atoms with Crippen molar-refractivity contribution in [1.29, 1.82) is 0 Å².